The lowest BCUT2D eigenvalue weighted by Crippen LogP contribution is -2.37. The molecular weight excluding hydrogens is 353 g/mol. The van der Waals surface area contributed by atoms with Crippen molar-refractivity contribution < 1.29 is 9.13 Å². The number of thiocarbonyl (C=S) groups is 1. The van der Waals surface area contributed by atoms with E-state index in [1.54, 1.807) is 23.0 Å². The van der Waals surface area contributed by atoms with Gasteiger partial charge in [0.2, 0.25) is 0 Å². The summed E-state index contributed by atoms with van der Waals surface area (Å²) in [6, 6.07) is 6.22. The topological polar surface area (TPSA) is 63.5 Å². The summed E-state index contributed by atoms with van der Waals surface area (Å²) < 4.78 is 20.4. The lowest BCUT2D eigenvalue weighted by molar-refractivity contribution is 0.114. The molecule has 1 aromatic carbocycles. The Morgan fingerprint density at radius 3 is 2.88 bits per heavy atom. The molecule has 1 aliphatic rings. The maximum absolute atomic E-state index is 13.1. The summed E-state index contributed by atoms with van der Waals surface area (Å²) in [4.78, 5) is 0. The van der Waals surface area contributed by atoms with Crippen molar-refractivity contribution in [1.82, 2.24) is 20.5 Å². The summed E-state index contributed by atoms with van der Waals surface area (Å²) in [6.07, 6.45) is 4.07. The van der Waals surface area contributed by atoms with E-state index in [-0.39, 0.29) is 11.9 Å². The Bertz CT molecular complexity index is 797. The van der Waals surface area contributed by atoms with Crippen LogP contribution in [0.2, 0.25) is 0 Å². The molecular formula is C18H22FN5OS. The molecule has 8 heteroatoms. The third-order valence-corrected chi connectivity index (χ3v) is 4.53. The van der Waals surface area contributed by atoms with E-state index in [1.807, 2.05) is 13.8 Å². The zero-order valence-electron chi connectivity index (χ0n) is 14.8. The van der Waals surface area contributed by atoms with Crippen molar-refractivity contribution in [2.45, 2.75) is 32.8 Å². The number of aromatic nitrogens is 2. The molecule has 2 N–H and O–H groups in total. The number of nitrogens with zero attached hydrogens (tertiary/aromatic N) is 3. The summed E-state index contributed by atoms with van der Waals surface area (Å²) >= 11 is 5.22. The number of hydrogen-bond acceptors (Lipinski definition) is 4. The Labute approximate surface area is 157 Å². The standard InChI is InChI=1S/C18H22FN5OS/c1-12-17(11-21-22-18(26)20-10-16-4-3-9-25-16)13(2)24(23-12)15-7-5-14(19)6-8-15/h5-8,11,16H,3-4,9-10H2,1-2H3,(H2,20,22,26)/b21-11-/t16-/m1/s1. The van der Waals surface area contributed by atoms with Gasteiger partial charge in [-0.3, -0.25) is 5.43 Å². The first kappa shape index (κ1) is 18.5. The van der Waals surface area contributed by atoms with Crippen LogP contribution in [0.5, 0.6) is 0 Å². The van der Waals surface area contributed by atoms with Gasteiger partial charge in [-0.2, -0.15) is 10.2 Å². The molecule has 138 valence electrons. The highest BCUT2D eigenvalue weighted by Gasteiger charge is 2.15. The van der Waals surface area contributed by atoms with Gasteiger partial charge in [-0.05, 0) is 63.2 Å². The molecule has 0 saturated carbocycles. The van der Waals surface area contributed by atoms with Gasteiger partial charge in [0.05, 0.1) is 29.4 Å². The SMILES string of the molecule is Cc1nn(-c2ccc(F)cc2)c(C)c1/C=N\NC(=S)NC[C@H]1CCCO1. The molecule has 3 rings (SSSR count). The van der Waals surface area contributed by atoms with Crippen molar-refractivity contribution in [1.29, 1.82) is 0 Å². The highest BCUT2D eigenvalue weighted by Crippen LogP contribution is 2.16. The largest absolute Gasteiger partial charge is 0.376 e. The number of aryl methyl sites for hydroxylation is 1. The van der Waals surface area contributed by atoms with Crippen molar-refractivity contribution in [3.63, 3.8) is 0 Å². The van der Waals surface area contributed by atoms with Gasteiger partial charge >= 0.3 is 0 Å². The third-order valence-electron chi connectivity index (χ3n) is 4.29. The summed E-state index contributed by atoms with van der Waals surface area (Å²) in [5, 5.41) is 12.3. The van der Waals surface area contributed by atoms with Gasteiger partial charge in [-0.1, -0.05) is 0 Å². The molecule has 2 aromatic rings. The smallest absolute Gasteiger partial charge is 0.187 e. The fourth-order valence-electron chi connectivity index (χ4n) is 2.88. The monoisotopic (exact) mass is 375 g/mol. The molecule has 1 aliphatic heterocycles. The first-order chi connectivity index (χ1) is 12.5. The fourth-order valence-corrected chi connectivity index (χ4v) is 3.02. The summed E-state index contributed by atoms with van der Waals surface area (Å²) in [7, 11) is 0. The second-order valence-electron chi connectivity index (χ2n) is 6.19. The van der Waals surface area contributed by atoms with Crippen molar-refractivity contribution >= 4 is 23.5 Å². The number of rotatable bonds is 5. The van der Waals surface area contributed by atoms with E-state index in [4.69, 9.17) is 17.0 Å². The average molecular weight is 375 g/mol. The third kappa shape index (κ3) is 4.44. The summed E-state index contributed by atoms with van der Waals surface area (Å²) in [5.41, 5.74) is 6.25. The summed E-state index contributed by atoms with van der Waals surface area (Å²) in [6.45, 7) is 5.35. The molecule has 1 fully saturated rings. The van der Waals surface area contributed by atoms with Crippen molar-refractivity contribution in [2.75, 3.05) is 13.2 Å². The first-order valence-corrected chi connectivity index (χ1v) is 8.96. The van der Waals surface area contributed by atoms with E-state index >= 15 is 0 Å². The van der Waals surface area contributed by atoms with Crippen LogP contribution in [0, 0.1) is 19.7 Å². The molecule has 1 saturated heterocycles. The Kier molecular flexibility index (Phi) is 5.95. The lowest BCUT2D eigenvalue weighted by atomic mass is 10.2. The minimum absolute atomic E-state index is 0.220. The molecule has 0 radical (unpaired) electrons. The van der Waals surface area contributed by atoms with Crippen LogP contribution in [-0.4, -0.2) is 40.4 Å². The molecule has 6 nitrogen and oxygen atoms in total. The Hall–Kier alpha value is -2.32. The minimum atomic E-state index is -0.273. The zero-order chi connectivity index (χ0) is 18.5. The van der Waals surface area contributed by atoms with Gasteiger partial charge in [0.25, 0.3) is 0 Å². The van der Waals surface area contributed by atoms with Crippen LogP contribution in [0.25, 0.3) is 5.69 Å². The van der Waals surface area contributed by atoms with Crippen LogP contribution in [0.15, 0.2) is 29.4 Å². The molecule has 1 aromatic heterocycles. The highest BCUT2D eigenvalue weighted by molar-refractivity contribution is 7.80. The second-order valence-corrected chi connectivity index (χ2v) is 6.60. The normalized spacial score (nSPS) is 17.0. The van der Waals surface area contributed by atoms with E-state index < -0.39 is 0 Å². The molecule has 1 atom stereocenters. The average Bonchev–Trinajstić information content (AvgIpc) is 3.24. The van der Waals surface area contributed by atoms with Gasteiger partial charge in [0, 0.05) is 18.7 Å². The van der Waals surface area contributed by atoms with Crippen molar-refractivity contribution in [2.24, 2.45) is 5.10 Å². The maximum Gasteiger partial charge on any atom is 0.187 e. The number of ether oxygens (including phenoxy) is 1. The van der Waals surface area contributed by atoms with Gasteiger partial charge in [-0.15, -0.1) is 0 Å². The molecule has 0 amide bonds. The molecule has 0 unspecified atom stereocenters. The van der Waals surface area contributed by atoms with E-state index in [2.05, 4.69) is 20.9 Å². The number of hydrogen-bond donors (Lipinski definition) is 2. The highest BCUT2D eigenvalue weighted by atomic mass is 32.1. The van der Waals surface area contributed by atoms with Crippen molar-refractivity contribution in [3.8, 4) is 5.69 Å². The van der Waals surface area contributed by atoms with Crippen LogP contribution >= 0.6 is 12.2 Å². The number of hydrazone groups is 1. The van der Waals surface area contributed by atoms with E-state index in [0.29, 0.717) is 11.7 Å². The van der Waals surface area contributed by atoms with Crippen LogP contribution < -0.4 is 10.7 Å². The van der Waals surface area contributed by atoms with Gasteiger partial charge in [0.1, 0.15) is 5.82 Å². The molecule has 0 spiro atoms. The summed E-state index contributed by atoms with van der Waals surface area (Å²) in [5.74, 6) is -0.273. The number of benzene rings is 1. The van der Waals surface area contributed by atoms with E-state index in [1.165, 1.54) is 12.1 Å². The molecule has 26 heavy (non-hydrogen) atoms. The molecule has 2 heterocycles. The fraction of sp³-hybridized carbons (Fsp3) is 0.389. The Morgan fingerprint density at radius 2 is 2.19 bits per heavy atom. The van der Waals surface area contributed by atoms with Gasteiger partial charge in [-0.25, -0.2) is 9.07 Å². The van der Waals surface area contributed by atoms with Crippen LogP contribution in [0.3, 0.4) is 0 Å². The molecule has 0 bridgehead atoms. The minimum Gasteiger partial charge on any atom is -0.376 e. The quantitative estimate of drug-likeness (QED) is 0.478. The van der Waals surface area contributed by atoms with Gasteiger partial charge in [0.15, 0.2) is 5.11 Å². The van der Waals surface area contributed by atoms with Crippen LogP contribution in [-0.2, 0) is 4.74 Å². The zero-order valence-corrected chi connectivity index (χ0v) is 15.6. The molecule has 0 aliphatic carbocycles. The Morgan fingerprint density at radius 1 is 1.42 bits per heavy atom. The number of halogens is 1. The second kappa shape index (κ2) is 8.37. The predicted molar refractivity (Wildman–Crippen MR) is 103 cm³/mol. The van der Waals surface area contributed by atoms with Crippen LogP contribution in [0.1, 0.15) is 29.8 Å². The van der Waals surface area contributed by atoms with E-state index in [0.717, 1.165) is 42.1 Å². The van der Waals surface area contributed by atoms with Crippen LogP contribution in [0.4, 0.5) is 4.39 Å². The predicted octanol–water partition coefficient (Wildman–Crippen LogP) is 2.61. The number of nitrogens with one attached hydrogen (secondary N) is 2. The maximum atomic E-state index is 13.1. The van der Waals surface area contributed by atoms with Gasteiger partial charge < -0.3 is 10.1 Å². The van der Waals surface area contributed by atoms with E-state index in [9.17, 15) is 4.39 Å². The lowest BCUT2D eigenvalue weighted by Gasteiger charge is -2.11. The Balaban J connectivity index is 1.61. The van der Waals surface area contributed by atoms with Crippen molar-refractivity contribution in [3.05, 3.63) is 47.0 Å². The first-order valence-electron chi connectivity index (χ1n) is 8.55.